The molecule has 0 saturated carbocycles. The fourth-order valence-corrected chi connectivity index (χ4v) is 3.49. The highest BCUT2D eigenvalue weighted by molar-refractivity contribution is 9.10. The van der Waals surface area contributed by atoms with Gasteiger partial charge in [0.25, 0.3) is 5.91 Å². The fraction of sp³-hybridized carbons (Fsp3) is 0. The number of hydrogen-bond donors (Lipinski definition) is 2. The summed E-state index contributed by atoms with van der Waals surface area (Å²) in [6.07, 6.45) is 0. The molecule has 0 fully saturated rings. The monoisotopic (exact) mass is 401 g/mol. The summed E-state index contributed by atoms with van der Waals surface area (Å²) in [4.78, 5) is 24.0. The van der Waals surface area contributed by atoms with Crippen molar-refractivity contribution in [1.29, 1.82) is 0 Å². The maximum absolute atomic E-state index is 12.3. The summed E-state index contributed by atoms with van der Waals surface area (Å²) >= 11 is 4.56. The maximum Gasteiger partial charge on any atom is 0.339 e. The van der Waals surface area contributed by atoms with Gasteiger partial charge in [-0.15, -0.1) is 11.3 Å². The van der Waals surface area contributed by atoms with Crippen molar-refractivity contribution in [2.45, 2.75) is 0 Å². The van der Waals surface area contributed by atoms with E-state index in [2.05, 4.69) is 21.2 Å². The van der Waals surface area contributed by atoms with Crippen molar-refractivity contribution in [2.24, 2.45) is 0 Å². The highest BCUT2D eigenvalue weighted by Crippen LogP contribution is 2.36. The number of rotatable bonds is 4. The molecule has 6 heteroatoms. The minimum Gasteiger partial charge on any atom is -0.478 e. The first-order chi connectivity index (χ1) is 11.6. The number of hydrogen-bond acceptors (Lipinski definition) is 3. The number of carbonyl (C=O) groups is 2. The molecule has 1 aromatic heterocycles. The molecule has 0 radical (unpaired) electrons. The molecule has 0 saturated heterocycles. The Labute approximate surface area is 150 Å². The average Bonchev–Trinajstić information content (AvgIpc) is 3.00. The van der Waals surface area contributed by atoms with Crippen LogP contribution < -0.4 is 5.32 Å². The van der Waals surface area contributed by atoms with Crippen molar-refractivity contribution < 1.29 is 14.7 Å². The molecular formula is C18H12BrNO3S. The van der Waals surface area contributed by atoms with Gasteiger partial charge in [0, 0.05) is 21.0 Å². The van der Waals surface area contributed by atoms with E-state index < -0.39 is 5.97 Å². The molecule has 0 atom stereocenters. The molecule has 24 heavy (non-hydrogen) atoms. The Kier molecular flexibility index (Phi) is 4.78. The van der Waals surface area contributed by atoms with E-state index in [-0.39, 0.29) is 11.5 Å². The summed E-state index contributed by atoms with van der Waals surface area (Å²) in [6.45, 7) is 0. The molecule has 1 amide bonds. The van der Waals surface area contributed by atoms with Crippen LogP contribution in [0, 0.1) is 0 Å². The van der Waals surface area contributed by atoms with E-state index in [4.69, 9.17) is 0 Å². The van der Waals surface area contributed by atoms with Gasteiger partial charge in [-0.05, 0) is 29.8 Å². The highest BCUT2D eigenvalue weighted by atomic mass is 79.9. The minimum atomic E-state index is -1.07. The molecule has 0 aliphatic carbocycles. The van der Waals surface area contributed by atoms with E-state index >= 15 is 0 Å². The van der Waals surface area contributed by atoms with E-state index in [9.17, 15) is 14.7 Å². The lowest BCUT2D eigenvalue weighted by Crippen LogP contribution is -2.13. The average molecular weight is 402 g/mol. The number of anilines is 1. The molecule has 2 aromatic carbocycles. The van der Waals surface area contributed by atoms with Crippen LogP contribution in [0.3, 0.4) is 0 Å². The lowest BCUT2D eigenvalue weighted by Gasteiger charge is -2.06. The fourth-order valence-electron chi connectivity index (χ4n) is 2.27. The number of carboxylic acids is 1. The van der Waals surface area contributed by atoms with E-state index in [1.54, 1.807) is 29.6 Å². The molecule has 0 unspecified atom stereocenters. The number of nitrogens with one attached hydrogen (secondary N) is 1. The second-order valence-electron chi connectivity index (χ2n) is 4.99. The van der Waals surface area contributed by atoms with Crippen LogP contribution in [-0.4, -0.2) is 17.0 Å². The lowest BCUT2D eigenvalue weighted by molar-refractivity contribution is 0.0699. The summed E-state index contributed by atoms with van der Waals surface area (Å²) in [5.74, 6) is -1.40. The van der Waals surface area contributed by atoms with Crippen LogP contribution in [0.1, 0.15) is 20.7 Å². The van der Waals surface area contributed by atoms with Crippen molar-refractivity contribution in [1.82, 2.24) is 0 Å². The first-order valence-corrected chi connectivity index (χ1v) is 8.70. The number of halogens is 1. The lowest BCUT2D eigenvalue weighted by atomic mass is 10.0. The van der Waals surface area contributed by atoms with E-state index in [1.807, 2.05) is 30.3 Å². The van der Waals surface area contributed by atoms with E-state index in [0.29, 0.717) is 16.1 Å². The summed E-state index contributed by atoms with van der Waals surface area (Å²) < 4.78 is 0.913. The van der Waals surface area contributed by atoms with Gasteiger partial charge in [0.05, 0.1) is 0 Å². The Morgan fingerprint density at radius 3 is 2.29 bits per heavy atom. The van der Waals surface area contributed by atoms with Crippen molar-refractivity contribution in [3.8, 4) is 11.1 Å². The van der Waals surface area contributed by atoms with Crippen LogP contribution in [0.4, 0.5) is 5.00 Å². The van der Waals surface area contributed by atoms with Gasteiger partial charge in [-0.25, -0.2) is 4.79 Å². The molecule has 120 valence electrons. The van der Waals surface area contributed by atoms with Crippen molar-refractivity contribution in [3.05, 3.63) is 75.6 Å². The second-order valence-corrected chi connectivity index (χ2v) is 6.78. The zero-order chi connectivity index (χ0) is 17.1. The predicted octanol–water partition coefficient (Wildman–Crippen LogP) is 5.13. The Hall–Kier alpha value is -2.44. The first-order valence-electron chi connectivity index (χ1n) is 7.03. The van der Waals surface area contributed by atoms with Gasteiger partial charge in [-0.3, -0.25) is 4.79 Å². The Balaban J connectivity index is 1.96. The molecule has 0 bridgehead atoms. The Morgan fingerprint density at radius 2 is 1.67 bits per heavy atom. The number of thiophene rings is 1. The zero-order valence-corrected chi connectivity index (χ0v) is 14.7. The van der Waals surface area contributed by atoms with E-state index in [1.165, 1.54) is 11.3 Å². The number of benzene rings is 2. The van der Waals surface area contributed by atoms with Crippen LogP contribution in [0.2, 0.25) is 0 Å². The highest BCUT2D eigenvalue weighted by Gasteiger charge is 2.21. The molecule has 2 N–H and O–H groups in total. The van der Waals surface area contributed by atoms with Crippen LogP contribution in [0.15, 0.2) is 64.5 Å². The summed E-state index contributed by atoms with van der Waals surface area (Å²) in [7, 11) is 0. The number of carbonyl (C=O) groups excluding carboxylic acids is 1. The van der Waals surface area contributed by atoms with Crippen LogP contribution in [0.5, 0.6) is 0 Å². The normalized spacial score (nSPS) is 10.4. The van der Waals surface area contributed by atoms with E-state index in [0.717, 1.165) is 10.0 Å². The van der Waals surface area contributed by atoms with Gasteiger partial charge in [-0.2, -0.15) is 0 Å². The zero-order valence-electron chi connectivity index (χ0n) is 12.3. The number of carboxylic acid groups (broad SMARTS) is 1. The Bertz CT molecular complexity index is 888. The van der Waals surface area contributed by atoms with Crippen molar-refractivity contribution in [2.75, 3.05) is 5.32 Å². The van der Waals surface area contributed by atoms with Crippen LogP contribution in [-0.2, 0) is 0 Å². The van der Waals surface area contributed by atoms with Gasteiger partial charge >= 0.3 is 5.97 Å². The van der Waals surface area contributed by atoms with Crippen LogP contribution >= 0.6 is 27.3 Å². The molecule has 4 nitrogen and oxygen atoms in total. The second kappa shape index (κ2) is 6.98. The first kappa shape index (κ1) is 16.4. The van der Waals surface area contributed by atoms with Crippen molar-refractivity contribution >= 4 is 44.1 Å². The van der Waals surface area contributed by atoms with Crippen molar-refractivity contribution in [3.63, 3.8) is 0 Å². The maximum atomic E-state index is 12.3. The SMILES string of the molecule is O=C(Nc1scc(-c2ccc(Br)cc2)c1C(=O)O)c1ccccc1. The van der Waals surface area contributed by atoms with Gasteiger partial charge in [0.15, 0.2) is 0 Å². The molecule has 0 spiro atoms. The van der Waals surface area contributed by atoms with Gasteiger partial charge in [-0.1, -0.05) is 46.3 Å². The van der Waals surface area contributed by atoms with Gasteiger partial charge in [0.1, 0.15) is 10.6 Å². The van der Waals surface area contributed by atoms with Crippen LogP contribution in [0.25, 0.3) is 11.1 Å². The summed E-state index contributed by atoms with van der Waals surface area (Å²) in [6, 6.07) is 16.1. The molecule has 1 heterocycles. The molecule has 0 aliphatic heterocycles. The third-order valence-corrected chi connectivity index (χ3v) is 4.85. The largest absolute Gasteiger partial charge is 0.478 e. The third kappa shape index (κ3) is 3.39. The summed E-state index contributed by atoms with van der Waals surface area (Å²) in [5.41, 5.74) is 1.95. The molecule has 0 aliphatic rings. The minimum absolute atomic E-state index is 0.103. The predicted molar refractivity (Wildman–Crippen MR) is 98.8 cm³/mol. The molecular weight excluding hydrogens is 390 g/mol. The standard InChI is InChI=1S/C18H12BrNO3S/c19-13-8-6-11(7-9-13)14-10-24-17(15(14)18(22)23)20-16(21)12-4-2-1-3-5-12/h1-10H,(H,20,21)(H,22,23). The van der Waals surface area contributed by atoms with Gasteiger partial charge in [0.2, 0.25) is 0 Å². The Morgan fingerprint density at radius 1 is 1.00 bits per heavy atom. The third-order valence-electron chi connectivity index (χ3n) is 3.42. The summed E-state index contributed by atoms with van der Waals surface area (Å²) in [5, 5.41) is 14.4. The smallest absolute Gasteiger partial charge is 0.339 e. The van der Waals surface area contributed by atoms with Gasteiger partial charge < -0.3 is 10.4 Å². The quantitative estimate of drug-likeness (QED) is 0.636. The topological polar surface area (TPSA) is 66.4 Å². The number of aromatic carboxylic acids is 1. The molecule has 3 aromatic rings. The number of amides is 1. The molecule has 3 rings (SSSR count).